The molecule has 8 nitrogen and oxygen atoms in total. The number of anilines is 1. The highest BCUT2D eigenvalue weighted by atomic mass is 35.5. The minimum Gasteiger partial charge on any atom is -0.336 e. The molecule has 1 aliphatic rings. The van der Waals surface area contributed by atoms with Gasteiger partial charge in [-0.1, -0.05) is 29.3 Å². The van der Waals surface area contributed by atoms with Gasteiger partial charge in [0, 0.05) is 27.1 Å². The van der Waals surface area contributed by atoms with E-state index in [4.69, 9.17) is 23.2 Å². The first-order chi connectivity index (χ1) is 12.7. The lowest BCUT2D eigenvalue weighted by atomic mass is 10.2. The van der Waals surface area contributed by atoms with Crippen LogP contribution < -0.4 is 5.32 Å². The van der Waals surface area contributed by atoms with Crippen molar-refractivity contribution in [2.24, 2.45) is 0 Å². The van der Waals surface area contributed by atoms with Gasteiger partial charge in [-0.25, -0.2) is 4.79 Å². The van der Waals surface area contributed by atoms with Gasteiger partial charge in [-0.2, -0.15) is 0 Å². The van der Waals surface area contributed by atoms with Crippen LogP contribution in [0.4, 0.5) is 10.5 Å². The normalized spacial score (nSPS) is 13.9. The zero-order valence-electron chi connectivity index (χ0n) is 15.0. The molecule has 10 heteroatoms. The molecule has 1 saturated heterocycles. The molecule has 0 unspecified atom stereocenters. The molecule has 0 atom stereocenters. The molecule has 0 spiro atoms. The Balaban J connectivity index is 1.79. The highest BCUT2D eigenvalue weighted by Gasteiger charge is 2.32. The number of benzene rings is 1. The first kappa shape index (κ1) is 21.0. The Hall–Kier alpha value is -2.32. The predicted molar refractivity (Wildman–Crippen MR) is 102 cm³/mol. The summed E-state index contributed by atoms with van der Waals surface area (Å²) < 4.78 is 0. The molecule has 0 saturated carbocycles. The molecule has 0 aliphatic carbocycles. The Kier molecular flexibility index (Phi) is 7.04. The van der Waals surface area contributed by atoms with Gasteiger partial charge in [0.25, 0.3) is 0 Å². The Morgan fingerprint density at radius 1 is 1.22 bits per heavy atom. The van der Waals surface area contributed by atoms with E-state index in [1.807, 2.05) is 0 Å². The molecule has 0 radical (unpaired) electrons. The lowest BCUT2D eigenvalue weighted by Gasteiger charge is -2.18. The number of amides is 5. The van der Waals surface area contributed by atoms with Crippen molar-refractivity contribution in [3.8, 4) is 0 Å². The van der Waals surface area contributed by atoms with E-state index < -0.39 is 5.91 Å². The van der Waals surface area contributed by atoms with Crippen molar-refractivity contribution >= 4 is 52.6 Å². The second-order valence-electron chi connectivity index (χ2n) is 6.18. The summed E-state index contributed by atoms with van der Waals surface area (Å²) in [5.74, 6) is -0.991. The molecular formula is C17H20Cl2N4O4. The van der Waals surface area contributed by atoms with Crippen LogP contribution in [0.1, 0.15) is 12.8 Å². The van der Waals surface area contributed by atoms with Gasteiger partial charge in [0.05, 0.1) is 22.3 Å². The maximum Gasteiger partial charge on any atom is 0.326 e. The molecule has 0 bridgehead atoms. The van der Waals surface area contributed by atoms with Gasteiger partial charge in [-0.05, 0) is 18.6 Å². The molecule has 27 heavy (non-hydrogen) atoms. The van der Waals surface area contributed by atoms with E-state index in [0.29, 0.717) is 22.2 Å². The van der Waals surface area contributed by atoms with E-state index >= 15 is 0 Å². The fraction of sp³-hybridized carbons (Fsp3) is 0.412. The largest absolute Gasteiger partial charge is 0.336 e. The number of nitrogens with zero attached hydrogens (tertiary/aromatic N) is 3. The van der Waals surface area contributed by atoms with Crippen molar-refractivity contribution in [2.75, 3.05) is 39.0 Å². The van der Waals surface area contributed by atoms with Crippen molar-refractivity contribution in [2.45, 2.75) is 12.8 Å². The van der Waals surface area contributed by atoms with E-state index in [-0.39, 0.29) is 43.9 Å². The van der Waals surface area contributed by atoms with E-state index in [2.05, 4.69) is 5.32 Å². The number of likely N-dealkylation sites (N-methyl/N-ethyl adjacent to an activating group) is 2. The van der Waals surface area contributed by atoms with Crippen LogP contribution in [0.2, 0.25) is 10.0 Å². The minimum atomic E-state index is -0.438. The molecule has 5 amide bonds. The Bertz CT molecular complexity index is 751. The van der Waals surface area contributed by atoms with Crippen molar-refractivity contribution in [1.29, 1.82) is 0 Å². The minimum absolute atomic E-state index is 0.0530. The third kappa shape index (κ3) is 5.33. The summed E-state index contributed by atoms with van der Waals surface area (Å²) >= 11 is 12.0. The van der Waals surface area contributed by atoms with Gasteiger partial charge < -0.3 is 15.1 Å². The third-order valence-electron chi connectivity index (χ3n) is 4.04. The van der Waals surface area contributed by atoms with Gasteiger partial charge >= 0.3 is 6.03 Å². The maximum atomic E-state index is 12.2. The number of carbonyl (C=O) groups is 4. The van der Waals surface area contributed by atoms with Crippen LogP contribution in [0, 0.1) is 0 Å². The summed E-state index contributed by atoms with van der Waals surface area (Å²) in [6, 6.07) is 4.48. The average Bonchev–Trinajstić information content (AvgIpc) is 2.84. The summed E-state index contributed by atoms with van der Waals surface area (Å²) in [5, 5.41) is 3.18. The predicted octanol–water partition coefficient (Wildman–Crippen LogP) is 2.06. The standard InChI is InChI=1S/C17H20Cl2N4O4/c1-21(9-13(24)20-16-11(18)5-3-6-12(16)19)14(25)7-4-8-23-15(26)10-22(2)17(23)27/h3,5-6H,4,7-10H2,1-2H3,(H,20,24). The zero-order chi connectivity index (χ0) is 20.1. The quantitative estimate of drug-likeness (QED) is 0.691. The summed E-state index contributed by atoms with van der Waals surface area (Å²) in [7, 11) is 3.04. The van der Waals surface area contributed by atoms with E-state index in [1.165, 1.54) is 16.8 Å². The first-order valence-corrected chi connectivity index (χ1v) is 8.99. The van der Waals surface area contributed by atoms with Crippen LogP contribution in [0.15, 0.2) is 18.2 Å². The van der Waals surface area contributed by atoms with Crippen LogP contribution in [-0.4, -0.2) is 72.2 Å². The second kappa shape index (κ2) is 9.05. The number of hydrogen-bond acceptors (Lipinski definition) is 4. The van der Waals surface area contributed by atoms with Crippen LogP contribution in [0.3, 0.4) is 0 Å². The third-order valence-corrected chi connectivity index (χ3v) is 4.67. The molecule has 1 N–H and O–H groups in total. The SMILES string of the molecule is CN(CC(=O)Nc1c(Cl)cccc1Cl)C(=O)CCCN1C(=O)CN(C)C1=O. The molecule has 0 aromatic heterocycles. The lowest BCUT2D eigenvalue weighted by molar-refractivity contribution is -0.133. The van der Waals surface area contributed by atoms with Crippen LogP contribution in [0.25, 0.3) is 0 Å². The number of hydrogen-bond donors (Lipinski definition) is 1. The van der Waals surface area contributed by atoms with Crippen LogP contribution in [0.5, 0.6) is 0 Å². The van der Waals surface area contributed by atoms with E-state index in [9.17, 15) is 19.2 Å². The number of halogens is 2. The van der Waals surface area contributed by atoms with E-state index in [0.717, 1.165) is 4.90 Å². The number of urea groups is 1. The molecular weight excluding hydrogens is 395 g/mol. The van der Waals surface area contributed by atoms with Crippen molar-refractivity contribution in [3.05, 3.63) is 28.2 Å². The smallest absolute Gasteiger partial charge is 0.326 e. The van der Waals surface area contributed by atoms with Gasteiger partial charge in [-0.15, -0.1) is 0 Å². The molecule has 2 rings (SSSR count). The summed E-state index contributed by atoms with van der Waals surface area (Å²) in [4.78, 5) is 51.4. The van der Waals surface area contributed by atoms with Gasteiger partial charge in [-0.3, -0.25) is 19.3 Å². The Morgan fingerprint density at radius 2 is 1.85 bits per heavy atom. The molecule has 1 aliphatic heterocycles. The Morgan fingerprint density at radius 3 is 2.41 bits per heavy atom. The number of imide groups is 1. The summed E-state index contributed by atoms with van der Waals surface area (Å²) in [5.41, 5.74) is 0.293. The molecule has 1 aromatic rings. The topological polar surface area (TPSA) is 90.0 Å². The molecule has 1 heterocycles. The molecule has 1 fully saturated rings. The van der Waals surface area contributed by atoms with Crippen molar-refractivity contribution in [1.82, 2.24) is 14.7 Å². The fourth-order valence-electron chi connectivity index (χ4n) is 2.57. The summed E-state index contributed by atoms with van der Waals surface area (Å²) in [6.07, 6.45) is 0.434. The van der Waals surface area contributed by atoms with Crippen molar-refractivity contribution in [3.63, 3.8) is 0 Å². The van der Waals surface area contributed by atoms with Crippen LogP contribution in [-0.2, 0) is 14.4 Å². The highest BCUT2D eigenvalue weighted by Crippen LogP contribution is 2.29. The fourth-order valence-corrected chi connectivity index (χ4v) is 3.06. The van der Waals surface area contributed by atoms with Gasteiger partial charge in [0.15, 0.2) is 0 Å². The van der Waals surface area contributed by atoms with Gasteiger partial charge in [0.1, 0.15) is 6.54 Å². The zero-order valence-corrected chi connectivity index (χ0v) is 16.5. The van der Waals surface area contributed by atoms with E-state index in [1.54, 1.807) is 25.2 Å². The van der Waals surface area contributed by atoms with Crippen LogP contribution >= 0.6 is 23.2 Å². The second-order valence-corrected chi connectivity index (χ2v) is 7.00. The lowest BCUT2D eigenvalue weighted by Crippen LogP contribution is -2.36. The monoisotopic (exact) mass is 414 g/mol. The molecule has 146 valence electrons. The molecule has 1 aromatic carbocycles. The Labute approximate surface area is 167 Å². The van der Waals surface area contributed by atoms with Crippen molar-refractivity contribution < 1.29 is 19.2 Å². The highest BCUT2D eigenvalue weighted by molar-refractivity contribution is 6.39. The number of carbonyl (C=O) groups excluding carboxylic acids is 4. The maximum absolute atomic E-state index is 12.2. The summed E-state index contributed by atoms with van der Waals surface area (Å²) in [6.45, 7) is 0.0468. The average molecular weight is 415 g/mol. The first-order valence-electron chi connectivity index (χ1n) is 8.24. The van der Waals surface area contributed by atoms with Gasteiger partial charge in [0.2, 0.25) is 17.7 Å². The number of rotatable bonds is 7. The number of para-hydroxylation sites is 1. The number of nitrogens with one attached hydrogen (secondary N) is 1.